The van der Waals surface area contributed by atoms with Gasteiger partial charge in [0.05, 0.1) is 0 Å². The lowest BCUT2D eigenvalue weighted by Gasteiger charge is -2.18. The molecule has 0 aliphatic heterocycles. The molecular weight excluding hydrogens is 841 g/mol. The smallest absolute Gasteiger partial charge is 0.306 e. The molecule has 0 aromatic rings. The van der Waals surface area contributed by atoms with Crippen LogP contribution in [0.3, 0.4) is 0 Å². The van der Waals surface area contributed by atoms with E-state index in [-0.39, 0.29) is 37.5 Å². The summed E-state index contributed by atoms with van der Waals surface area (Å²) in [6, 6.07) is 0. The fourth-order valence-electron chi connectivity index (χ4n) is 7.68. The van der Waals surface area contributed by atoms with Gasteiger partial charge in [0.15, 0.2) is 6.10 Å². The summed E-state index contributed by atoms with van der Waals surface area (Å²) in [5.41, 5.74) is 0. The molecule has 0 heterocycles. The quantitative estimate of drug-likeness (QED) is 0.0199. The van der Waals surface area contributed by atoms with Gasteiger partial charge in [0, 0.05) is 19.3 Å². The van der Waals surface area contributed by atoms with Gasteiger partial charge in [-0.2, -0.15) is 0 Å². The van der Waals surface area contributed by atoms with Crippen LogP contribution in [0.1, 0.15) is 258 Å². The molecule has 0 N–H and O–H groups in total. The summed E-state index contributed by atoms with van der Waals surface area (Å²) in [6.07, 6.45) is 74.0. The number of esters is 3. The van der Waals surface area contributed by atoms with E-state index >= 15 is 0 Å². The normalized spacial score (nSPS) is 12.8. The van der Waals surface area contributed by atoms with Crippen LogP contribution in [-0.2, 0) is 28.6 Å². The second-order valence-corrected chi connectivity index (χ2v) is 18.6. The van der Waals surface area contributed by atoms with E-state index in [0.29, 0.717) is 12.8 Å². The third-order valence-corrected chi connectivity index (χ3v) is 11.9. The summed E-state index contributed by atoms with van der Waals surface area (Å²) < 4.78 is 16.8. The van der Waals surface area contributed by atoms with Gasteiger partial charge < -0.3 is 14.2 Å². The maximum atomic E-state index is 12.8. The van der Waals surface area contributed by atoms with Gasteiger partial charge in [-0.3, -0.25) is 14.4 Å². The Morgan fingerprint density at radius 3 is 0.971 bits per heavy atom. The second kappa shape index (κ2) is 55.9. The van der Waals surface area contributed by atoms with Crippen molar-refractivity contribution in [1.82, 2.24) is 0 Å². The Labute approximate surface area is 419 Å². The Bertz CT molecular complexity index is 1360. The third-order valence-electron chi connectivity index (χ3n) is 11.9. The summed E-state index contributed by atoms with van der Waals surface area (Å²) >= 11 is 0. The van der Waals surface area contributed by atoms with Crippen LogP contribution in [0.25, 0.3) is 0 Å². The van der Waals surface area contributed by atoms with Gasteiger partial charge in [0.2, 0.25) is 0 Å². The Morgan fingerprint density at radius 2 is 0.588 bits per heavy atom. The van der Waals surface area contributed by atoms with Crippen molar-refractivity contribution < 1.29 is 28.6 Å². The number of carbonyl (C=O) groups is 3. The fourth-order valence-corrected chi connectivity index (χ4v) is 7.68. The first-order valence-corrected chi connectivity index (χ1v) is 28.3. The molecule has 0 fully saturated rings. The maximum Gasteiger partial charge on any atom is 0.306 e. The molecule has 0 amide bonds. The monoisotopic (exact) mass is 945 g/mol. The fraction of sp³-hybridized carbons (Fsp3) is 0.694. The summed E-state index contributed by atoms with van der Waals surface area (Å²) in [7, 11) is 0. The molecule has 0 aliphatic carbocycles. The maximum absolute atomic E-state index is 12.8. The first kappa shape index (κ1) is 64.3. The predicted molar refractivity (Wildman–Crippen MR) is 293 cm³/mol. The Balaban J connectivity index is 4.48. The number of hydrogen-bond donors (Lipinski definition) is 0. The molecule has 1 unspecified atom stereocenters. The van der Waals surface area contributed by atoms with Crippen LogP contribution in [0.5, 0.6) is 0 Å². The Kier molecular flexibility index (Phi) is 52.9. The summed E-state index contributed by atoms with van der Waals surface area (Å²) in [4.78, 5) is 38.1. The molecule has 68 heavy (non-hydrogen) atoms. The van der Waals surface area contributed by atoms with E-state index < -0.39 is 6.10 Å². The molecule has 0 bridgehead atoms. The van der Waals surface area contributed by atoms with E-state index in [4.69, 9.17) is 14.2 Å². The minimum atomic E-state index is -0.812. The van der Waals surface area contributed by atoms with Crippen LogP contribution in [0.4, 0.5) is 0 Å². The van der Waals surface area contributed by atoms with Gasteiger partial charge in [-0.15, -0.1) is 0 Å². The van der Waals surface area contributed by atoms with E-state index in [1.165, 1.54) is 135 Å². The number of rotatable bonds is 50. The van der Waals surface area contributed by atoms with Gasteiger partial charge >= 0.3 is 17.9 Å². The molecule has 0 aromatic heterocycles. The lowest BCUT2D eigenvalue weighted by molar-refractivity contribution is -0.167. The SMILES string of the molecule is CC\C=C/C=C\C=C/C=C\C=C/CCCCCC(=O)OCC(COC(=O)CCCCCCCCC/C=C\CCCCCCCCCC)OC(=O)CCCCC/C=C\C=C/CCCCCCCCC. The van der Waals surface area contributed by atoms with Gasteiger partial charge in [0.25, 0.3) is 0 Å². The Hall–Kier alpha value is -3.67. The van der Waals surface area contributed by atoms with Crippen molar-refractivity contribution in [3.05, 3.63) is 97.2 Å². The highest BCUT2D eigenvalue weighted by Gasteiger charge is 2.19. The standard InChI is InChI=1S/C62H104O6/c1-4-7-10-13-16-19-22-25-28-30-31-32-35-37-40-43-46-49-52-55-61(64)67-58-59(57-66-60(63)54-51-48-45-42-39-36-33-27-24-21-18-15-12-9-6-3)68-62(65)56-53-50-47-44-41-38-34-29-26-23-20-17-14-11-8-5-2/h9,12,15,18,21,24,27,29-31,33-34,36,38-39,41,59H,4-8,10-11,13-14,16-17,19-20,22-23,25-26,28,32,35,37,40,42-58H2,1-3H3/b12-9-,18-15-,24-21-,31-30-,33-27-,34-29-,39-36-,41-38-. The highest BCUT2D eigenvalue weighted by molar-refractivity contribution is 5.71. The van der Waals surface area contributed by atoms with Gasteiger partial charge in [-0.1, -0.05) is 246 Å². The first-order valence-electron chi connectivity index (χ1n) is 28.3. The molecule has 6 nitrogen and oxygen atoms in total. The van der Waals surface area contributed by atoms with Crippen LogP contribution in [0.15, 0.2) is 97.2 Å². The van der Waals surface area contributed by atoms with Crippen LogP contribution < -0.4 is 0 Å². The summed E-state index contributed by atoms with van der Waals surface area (Å²) in [5, 5.41) is 0. The average Bonchev–Trinajstić information content (AvgIpc) is 3.34. The van der Waals surface area contributed by atoms with Crippen molar-refractivity contribution in [2.45, 2.75) is 264 Å². The van der Waals surface area contributed by atoms with Crippen molar-refractivity contribution in [2.24, 2.45) is 0 Å². The van der Waals surface area contributed by atoms with Gasteiger partial charge in [-0.25, -0.2) is 0 Å². The molecule has 0 saturated heterocycles. The minimum absolute atomic E-state index is 0.105. The molecule has 0 radical (unpaired) electrons. The zero-order valence-corrected chi connectivity index (χ0v) is 44.3. The molecule has 0 aliphatic rings. The zero-order chi connectivity index (χ0) is 49.3. The van der Waals surface area contributed by atoms with E-state index in [9.17, 15) is 14.4 Å². The van der Waals surface area contributed by atoms with Crippen LogP contribution in [0, 0.1) is 0 Å². The average molecular weight is 946 g/mol. The van der Waals surface area contributed by atoms with Crippen LogP contribution >= 0.6 is 0 Å². The van der Waals surface area contributed by atoms with E-state index in [2.05, 4.69) is 69.4 Å². The van der Waals surface area contributed by atoms with Crippen molar-refractivity contribution in [2.75, 3.05) is 13.2 Å². The van der Waals surface area contributed by atoms with Crippen molar-refractivity contribution in [1.29, 1.82) is 0 Å². The third kappa shape index (κ3) is 53.3. The first-order chi connectivity index (χ1) is 33.5. The van der Waals surface area contributed by atoms with Gasteiger partial charge in [0.1, 0.15) is 13.2 Å². The highest BCUT2D eigenvalue weighted by atomic mass is 16.6. The highest BCUT2D eigenvalue weighted by Crippen LogP contribution is 2.14. The van der Waals surface area contributed by atoms with Crippen LogP contribution in [0.2, 0.25) is 0 Å². The molecule has 0 rings (SSSR count). The zero-order valence-electron chi connectivity index (χ0n) is 44.3. The van der Waals surface area contributed by atoms with Crippen molar-refractivity contribution in [3.8, 4) is 0 Å². The molecule has 0 saturated carbocycles. The summed E-state index contributed by atoms with van der Waals surface area (Å²) in [5.74, 6) is -0.977. The number of unbranched alkanes of at least 4 members (excludes halogenated alkanes) is 28. The molecule has 0 spiro atoms. The topological polar surface area (TPSA) is 78.9 Å². The number of carbonyl (C=O) groups excluding carboxylic acids is 3. The number of hydrogen-bond acceptors (Lipinski definition) is 6. The lowest BCUT2D eigenvalue weighted by Crippen LogP contribution is -2.30. The second-order valence-electron chi connectivity index (χ2n) is 18.6. The minimum Gasteiger partial charge on any atom is -0.462 e. The molecule has 0 aromatic carbocycles. The molecule has 6 heteroatoms. The molecule has 388 valence electrons. The summed E-state index contributed by atoms with van der Waals surface area (Å²) in [6.45, 7) is 6.43. The predicted octanol–water partition coefficient (Wildman–Crippen LogP) is 18.9. The number of ether oxygens (including phenoxy) is 3. The van der Waals surface area contributed by atoms with Gasteiger partial charge in [-0.05, 0) is 89.9 Å². The Morgan fingerprint density at radius 1 is 0.309 bits per heavy atom. The van der Waals surface area contributed by atoms with Crippen molar-refractivity contribution >= 4 is 17.9 Å². The van der Waals surface area contributed by atoms with E-state index in [1.54, 1.807) is 0 Å². The van der Waals surface area contributed by atoms with E-state index in [1.807, 2.05) is 48.6 Å². The lowest BCUT2D eigenvalue weighted by atomic mass is 10.1. The van der Waals surface area contributed by atoms with Crippen molar-refractivity contribution in [3.63, 3.8) is 0 Å². The van der Waals surface area contributed by atoms with Crippen LogP contribution in [-0.4, -0.2) is 37.2 Å². The van der Waals surface area contributed by atoms with E-state index in [0.717, 1.165) is 83.5 Å². The molecular formula is C62H104O6. The largest absolute Gasteiger partial charge is 0.462 e. The molecule has 1 atom stereocenters. The number of allylic oxidation sites excluding steroid dienone is 16.